The van der Waals surface area contributed by atoms with Crippen LogP contribution in [0.4, 0.5) is 17.3 Å². The van der Waals surface area contributed by atoms with Gasteiger partial charge in [-0.1, -0.05) is 19.1 Å². The van der Waals surface area contributed by atoms with Gasteiger partial charge in [0.1, 0.15) is 11.6 Å². The van der Waals surface area contributed by atoms with Gasteiger partial charge in [-0.25, -0.2) is 9.97 Å². The summed E-state index contributed by atoms with van der Waals surface area (Å²) in [6, 6.07) is 14.7. The second-order valence-electron chi connectivity index (χ2n) is 7.54. The fraction of sp³-hybridized carbons (Fsp3) is 0.208. The van der Waals surface area contributed by atoms with Crippen LogP contribution in [0.25, 0.3) is 0 Å². The molecule has 0 aliphatic rings. The van der Waals surface area contributed by atoms with Gasteiger partial charge >= 0.3 is 0 Å². The van der Waals surface area contributed by atoms with Gasteiger partial charge in [-0.05, 0) is 53.9 Å². The Balaban J connectivity index is 1.45. The quantitative estimate of drug-likeness (QED) is 0.370. The normalized spacial score (nSPS) is 11.7. The van der Waals surface area contributed by atoms with Gasteiger partial charge in [0.15, 0.2) is 0 Å². The minimum absolute atomic E-state index is 0.00676. The molecule has 1 atom stereocenters. The minimum Gasteiger partial charge on any atom is -0.425 e. The van der Waals surface area contributed by atoms with Crippen molar-refractivity contribution < 1.29 is 9.21 Å². The van der Waals surface area contributed by atoms with Gasteiger partial charge in [0.25, 0.3) is 5.91 Å². The molecule has 3 heterocycles. The van der Waals surface area contributed by atoms with E-state index in [1.54, 1.807) is 37.5 Å². The average molecular weight is 444 g/mol. The van der Waals surface area contributed by atoms with Crippen molar-refractivity contribution in [1.29, 1.82) is 0 Å². The van der Waals surface area contributed by atoms with Crippen molar-refractivity contribution in [1.82, 2.24) is 20.2 Å². The molecule has 4 N–H and O–H groups in total. The third-order valence-corrected chi connectivity index (χ3v) is 5.18. The highest BCUT2D eigenvalue weighted by Gasteiger charge is 2.19. The predicted octanol–water partition coefficient (Wildman–Crippen LogP) is 4.16. The van der Waals surface area contributed by atoms with Gasteiger partial charge in [-0.3, -0.25) is 4.79 Å². The number of nitrogen functional groups attached to an aromatic ring is 1. The first-order chi connectivity index (χ1) is 16.0. The van der Waals surface area contributed by atoms with Crippen molar-refractivity contribution in [2.75, 3.05) is 16.4 Å². The summed E-state index contributed by atoms with van der Waals surface area (Å²) in [6.07, 6.45) is 4.10. The molecule has 1 amide bonds. The highest BCUT2D eigenvalue weighted by molar-refractivity contribution is 6.07. The van der Waals surface area contributed by atoms with Crippen LogP contribution in [0.15, 0.2) is 65.3 Å². The van der Waals surface area contributed by atoms with Crippen LogP contribution >= 0.6 is 0 Å². The number of carbonyl (C=O) groups excluding carboxylic acids is 1. The smallest absolute Gasteiger partial charge is 0.259 e. The zero-order chi connectivity index (χ0) is 23.2. The Morgan fingerprint density at radius 2 is 1.91 bits per heavy atom. The topological polar surface area (TPSA) is 132 Å². The lowest BCUT2D eigenvalue weighted by Crippen LogP contribution is -2.16. The number of nitrogens with two attached hydrogens (primary N) is 1. The van der Waals surface area contributed by atoms with E-state index in [1.807, 2.05) is 30.3 Å². The van der Waals surface area contributed by atoms with Gasteiger partial charge < -0.3 is 20.8 Å². The fourth-order valence-corrected chi connectivity index (χ4v) is 3.52. The molecule has 0 radical (unpaired) electrons. The van der Waals surface area contributed by atoms with Crippen molar-refractivity contribution in [2.45, 2.75) is 32.7 Å². The molecular weight excluding hydrogens is 418 g/mol. The Morgan fingerprint density at radius 3 is 2.61 bits per heavy atom. The van der Waals surface area contributed by atoms with Gasteiger partial charge in [0.05, 0.1) is 11.5 Å². The average Bonchev–Trinajstić information content (AvgIpc) is 3.25. The van der Waals surface area contributed by atoms with Crippen LogP contribution in [-0.4, -0.2) is 26.1 Å². The second-order valence-corrected chi connectivity index (χ2v) is 7.54. The van der Waals surface area contributed by atoms with Crippen molar-refractivity contribution >= 4 is 23.2 Å². The van der Waals surface area contributed by atoms with Crippen LogP contribution in [0.5, 0.6) is 0 Å². The van der Waals surface area contributed by atoms with Crippen LogP contribution in [0.3, 0.4) is 0 Å². The summed E-state index contributed by atoms with van der Waals surface area (Å²) in [6.45, 7) is 4.30. The van der Waals surface area contributed by atoms with Gasteiger partial charge in [-0.2, -0.15) is 0 Å². The summed E-state index contributed by atoms with van der Waals surface area (Å²) in [7, 11) is 0. The van der Waals surface area contributed by atoms with E-state index in [2.05, 4.69) is 37.7 Å². The number of pyridine rings is 2. The molecule has 0 saturated carbocycles. The largest absolute Gasteiger partial charge is 0.425 e. The number of amides is 1. The van der Waals surface area contributed by atoms with Gasteiger partial charge in [0.2, 0.25) is 11.8 Å². The first kappa shape index (κ1) is 21.9. The van der Waals surface area contributed by atoms with Gasteiger partial charge in [-0.15, -0.1) is 10.2 Å². The van der Waals surface area contributed by atoms with E-state index in [4.69, 9.17) is 10.2 Å². The number of hydrogen-bond donors (Lipinski definition) is 3. The molecule has 0 aliphatic carbocycles. The second kappa shape index (κ2) is 9.90. The Kier molecular flexibility index (Phi) is 6.58. The Hall–Kier alpha value is -4.27. The van der Waals surface area contributed by atoms with E-state index in [1.165, 1.54) is 0 Å². The molecule has 0 saturated heterocycles. The minimum atomic E-state index is -0.257. The molecule has 3 aromatic heterocycles. The summed E-state index contributed by atoms with van der Waals surface area (Å²) < 4.78 is 5.60. The Morgan fingerprint density at radius 1 is 1.09 bits per heavy atom. The predicted molar refractivity (Wildman–Crippen MR) is 126 cm³/mol. The molecule has 33 heavy (non-hydrogen) atoms. The molecule has 4 aromatic rings. The number of nitrogens with zero attached hydrogens (tertiary/aromatic N) is 4. The van der Waals surface area contributed by atoms with Crippen LogP contribution in [-0.2, 0) is 6.54 Å². The monoisotopic (exact) mass is 443 g/mol. The molecule has 0 aliphatic heterocycles. The van der Waals surface area contributed by atoms with E-state index in [9.17, 15) is 4.79 Å². The van der Waals surface area contributed by atoms with E-state index in [-0.39, 0.29) is 11.8 Å². The Labute approximate surface area is 191 Å². The summed E-state index contributed by atoms with van der Waals surface area (Å²) >= 11 is 0. The molecule has 1 aromatic carbocycles. The van der Waals surface area contributed by atoms with Crippen LogP contribution in [0.2, 0.25) is 0 Å². The van der Waals surface area contributed by atoms with E-state index in [0.717, 1.165) is 17.5 Å². The maximum absolute atomic E-state index is 12.9. The third-order valence-electron chi connectivity index (χ3n) is 5.18. The number of anilines is 3. The van der Waals surface area contributed by atoms with E-state index >= 15 is 0 Å². The first-order valence-electron chi connectivity index (χ1n) is 10.6. The van der Waals surface area contributed by atoms with Crippen molar-refractivity contribution in [3.63, 3.8) is 0 Å². The lowest BCUT2D eigenvalue weighted by atomic mass is 9.96. The van der Waals surface area contributed by atoms with Crippen LogP contribution in [0.1, 0.15) is 52.5 Å². The number of benzene rings is 1. The highest BCUT2D eigenvalue weighted by atomic mass is 16.4. The van der Waals surface area contributed by atoms with Crippen LogP contribution in [0, 0.1) is 6.92 Å². The molecule has 0 bridgehead atoms. The first-order valence-corrected chi connectivity index (χ1v) is 10.6. The zero-order valence-corrected chi connectivity index (χ0v) is 18.4. The summed E-state index contributed by atoms with van der Waals surface area (Å²) in [5.41, 5.74) is 8.84. The maximum atomic E-state index is 12.9. The summed E-state index contributed by atoms with van der Waals surface area (Å²) in [4.78, 5) is 21.3. The van der Waals surface area contributed by atoms with Crippen LogP contribution < -0.4 is 16.4 Å². The number of aryl methyl sites for hydroxylation is 1. The molecule has 0 fully saturated rings. The SMILES string of the molecule is CCC(c1ccc(NC(=O)c2cccnc2NCc2ccnc(N)c2)cc1)c1nnc(C)o1. The van der Waals surface area contributed by atoms with E-state index < -0.39 is 0 Å². The number of hydrogen-bond acceptors (Lipinski definition) is 8. The van der Waals surface area contributed by atoms with E-state index in [0.29, 0.717) is 41.2 Å². The standard InChI is InChI=1S/C24H25N7O2/c1-3-19(24-31-30-15(2)33-24)17-6-8-18(9-7-17)29-23(32)20-5-4-11-27-22(20)28-14-16-10-12-26-21(25)13-16/h4-13,19H,3,14H2,1-2H3,(H2,25,26)(H,27,28)(H,29,32). The molecular formula is C24H25N7O2. The van der Waals surface area contributed by atoms with Gasteiger partial charge in [0, 0.05) is 31.5 Å². The highest BCUT2D eigenvalue weighted by Crippen LogP contribution is 2.28. The van der Waals surface area contributed by atoms with Crippen molar-refractivity contribution in [3.8, 4) is 0 Å². The number of rotatable bonds is 8. The Bertz CT molecular complexity index is 1240. The van der Waals surface area contributed by atoms with Crippen molar-refractivity contribution in [2.24, 2.45) is 0 Å². The molecule has 1 unspecified atom stereocenters. The zero-order valence-electron chi connectivity index (χ0n) is 18.4. The maximum Gasteiger partial charge on any atom is 0.259 e. The number of aromatic nitrogens is 4. The summed E-state index contributed by atoms with van der Waals surface area (Å²) in [5, 5.41) is 14.2. The summed E-state index contributed by atoms with van der Waals surface area (Å²) in [5.74, 6) is 1.81. The molecule has 9 heteroatoms. The molecule has 9 nitrogen and oxygen atoms in total. The number of carbonyl (C=O) groups is 1. The lowest BCUT2D eigenvalue weighted by Gasteiger charge is -2.13. The molecule has 168 valence electrons. The third kappa shape index (κ3) is 5.32. The number of nitrogens with one attached hydrogen (secondary N) is 2. The fourth-order valence-electron chi connectivity index (χ4n) is 3.52. The molecule has 0 spiro atoms. The molecule has 4 rings (SSSR count). The van der Waals surface area contributed by atoms with Crippen molar-refractivity contribution in [3.05, 3.63) is 89.4 Å². The lowest BCUT2D eigenvalue weighted by molar-refractivity contribution is 0.102.